The van der Waals surface area contributed by atoms with Crippen molar-refractivity contribution >= 4 is 23.5 Å². The van der Waals surface area contributed by atoms with Crippen LogP contribution in [0.2, 0.25) is 0 Å². The first kappa shape index (κ1) is 12.0. The van der Waals surface area contributed by atoms with Crippen molar-refractivity contribution in [3.8, 4) is 0 Å². The molecular weight excluding hydrogens is 258 g/mol. The molecule has 0 saturated heterocycles. The van der Waals surface area contributed by atoms with Gasteiger partial charge in [0, 0.05) is 11.1 Å². The Labute approximate surface area is 115 Å². The molecule has 0 radical (unpaired) electrons. The van der Waals surface area contributed by atoms with E-state index in [0.29, 0.717) is 0 Å². The highest BCUT2D eigenvalue weighted by molar-refractivity contribution is 7.14. The summed E-state index contributed by atoms with van der Waals surface area (Å²) in [7, 11) is 0. The van der Waals surface area contributed by atoms with Gasteiger partial charge in [0.2, 0.25) is 0 Å². The molecule has 1 amide bonds. The average molecular weight is 271 g/mol. The van der Waals surface area contributed by atoms with E-state index < -0.39 is 0 Å². The third kappa shape index (κ3) is 2.71. The van der Waals surface area contributed by atoms with Gasteiger partial charge in [-0.3, -0.25) is 9.78 Å². The number of fused-ring (bicyclic) bond motifs is 1. The summed E-state index contributed by atoms with van der Waals surface area (Å²) in [5.41, 5.74) is 4.58. The number of amides is 1. The first-order chi connectivity index (χ1) is 9.33. The number of hydrogen-bond acceptors (Lipinski definition) is 4. The van der Waals surface area contributed by atoms with Crippen molar-refractivity contribution in [1.29, 1.82) is 0 Å². The molecule has 0 spiro atoms. The lowest BCUT2D eigenvalue weighted by molar-refractivity contribution is 0.0959. The Morgan fingerprint density at radius 3 is 3.16 bits per heavy atom. The number of carbonyl (C=O) groups is 1. The highest BCUT2D eigenvalue weighted by atomic mass is 32.1. The number of hydrogen-bond donors (Lipinski definition) is 1. The number of thiophene rings is 1. The highest BCUT2D eigenvalue weighted by Crippen LogP contribution is 2.30. The van der Waals surface area contributed by atoms with Crippen molar-refractivity contribution in [3.05, 3.63) is 51.5 Å². The fraction of sp³-hybridized carbons (Fsp3) is 0.214. The number of rotatable bonds is 3. The Morgan fingerprint density at radius 2 is 2.37 bits per heavy atom. The zero-order chi connectivity index (χ0) is 13.1. The molecule has 1 aliphatic rings. The summed E-state index contributed by atoms with van der Waals surface area (Å²) < 4.78 is 0. The smallest absolute Gasteiger partial charge is 0.266 e. The summed E-state index contributed by atoms with van der Waals surface area (Å²) in [4.78, 5) is 18.1. The van der Waals surface area contributed by atoms with Crippen LogP contribution in [-0.2, 0) is 12.8 Å². The summed E-state index contributed by atoms with van der Waals surface area (Å²) in [5, 5.41) is 3.92. The number of aryl methyl sites for hydroxylation is 2. The second-order valence-electron chi connectivity index (χ2n) is 4.37. The third-order valence-corrected chi connectivity index (χ3v) is 4.26. The fourth-order valence-electron chi connectivity index (χ4n) is 2.11. The molecule has 3 rings (SSSR count). The van der Waals surface area contributed by atoms with Crippen molar-refractivity contribution in [2.24, 2.45) is 5.10 Å². The number of nitrogens with zero attached hydrogens (tertiary/aromatic N) is 2. The minimum atomic E-state index is -0.147. The average Bonchev–Trinajstić information content (AvgIpc) is 3.00. The second-order valence-corrected chi connectivity index (χ2v) is 5.50. The monoisotopic (exact) mass is 271 g/mol. The van der Waals surface area contributed by atoms with E-state index in [4.69, 9.17) is 0 Å². The quantitative estimate of drug-likeness (QED) is 0.688. The zero-order valence-corrected chi connectivity index (χ0v) is 11.1. The maximum Gasteiger partial charge on any atom is 0.281 e. The van der Waals surface area contributed by atoms with E-state index in [2.05, 4.69) is 15.5 Å². The van der Waals surface area contributed by atoms with Gasteiger partial charge in [-0.2, -0.15) is 5.10 Å². The van der Waals surface area contributed by atoms with Crippen LogP contribution in [0.5, 0.6) is 0 Å². The number of aromatic nitrogens is 1. The summed E-state index contributed by atoms with van der Waals surface area (Å²) in [6.45, 7) is 0. The number of carbonyl (C=O) groups excluding carboxylic acids is 1. The Bertz CT molecular complexity index is 597. The van der Waals surface area contributed by atoms with E-state index in [9.17, 15) is 4.79 Å². The van der Waals surface area contributed by atoms with Crippen molar-refractivity contribution in [2.75, 3.05) is 0 Å². The molecule has 1 aliphatic carbocycles. The van der Waals surface area contributed by atoms with Gasteiger partial charge in [0.05, 0.1) is 16.8 Å². The maximum atomic E-state index is 11.9. The van der Waals surface area contributed by atoms with E-state index in [1.807, 2.05) is 24.3 Å². The molecule has 5 heteroatoms. The first-order valence-electron chi connectivity index (χ1n) is 6.19. The number of hydrazone groups is 1. The van der Waals surface area contributed by atoms with E-state index in [0.717, 1.165) is 23.4 Å². The van der Waals surface area contributed by atoms with E-state index in [1.54, 1.807) is 23.7 Å². The van der Waals surface area contributed by atoms with Crippen LogP contribution >= 0.6 is 11.3 Å². The molecule has 2 heterocycles. The molecule has 0 aromatic carbocycles. The van der Waals surface area contributed by atoms with Crippen LogP contribution in [0.4, 0.5) is 0 Å². The molecule has 2 aromatic heterocycles. The van der Waals surface area contributed by atoms with Crippen molar-refractivity contribution in [2.45, 2.75) is 19.3 Å². The predicted octanol–water partition coefficient (Wildman–Crippen LogP) is 2.40. The normalized spacial score (nSPS) is 13.7. The van der Waals surface area contributed by atoms with Crippen LogP contribution in [0.1, 0.15) is 32.2 Å². The van der Waals surface area contributed by atoms with Gasteiger partial charge in [-0.05, 0) is 43.0 Å². The van der Waals surface area contributed by atoms with Gasteiger partial charge in [0.25, 0.3) is 5.91 Å². The molecule has 4 nitrogen and oxygen atoms in total. The van der Waals surface area contributed by atoms with Gasteiger partial charge >= 0.3 is 0 Å². The molecule has 0 aliphatic heterocycles. The van der Waals surface area contributed by atoms with Crippen LogP contribution in [0.15, 0.2) is 35.6 Å². The van der Waals surface area contributed by atoms with E-state index in [1.165, 1.54) is 16.9 Å². The van der Waals surface area contributed by atoms with Crippen LogP contribution < -0.4 is 5.43 Å². The Morgan fingerprint density at radius 1 is 1.42 bits per heavy atom. The number of nitrogens with one attached hydrogen (secondary N) is 1. The maximum absolute atomic E-state index is 11.9. The lowest BCUT2D eigenvalue weighted by Crippen LogP contribution is -2.16. The molecule has 0 atom stereocenters. The Kier molecular flexibility index (Phi) is 3.37. The number of pyridine rings is 1. The predicted molar refractivity (Wildman–Crippen MR) is 75.6 cm³/mol. The van der Waals surface area contributed by atoms with Gasteiger partial charge in [-0.1, -0.05) is 6.07 Å². The van der Waals surface area contributed by atoms with Gasteiger partial charge in [-0.15, -0.1) is 11.3 Å². The summed E-state index contributed by atoms with van der Waals surface area (Å²) in [5.74, 6) is -0.147. The molecule has 0 saturated carbocycles. The molecule has 0 unspecified atom stereocenters. The van der Waals surface area contributed by atoms with Crippen molar-refractivity contribution in [3.63, 3.8) is 0 Å². The Balaban J connectivity index is 1.63. The van der Waals surface area contributed by atoms with Crippen LogP contribution in [-0.4, -0.2) is 17.1 Å². The van der Waals surface area contributed by atoms with E-state index in [-0.39, 0.29) is 5.91 Å². The van der Waals surface area contributed by atoms with Crippen LogP contribution in [0.3, 0.4) is 0 Å². The van der Waals surface area contributed by atoms with Crippen molar-refractivity contribution in [1.82, 2.24) is 10.4 Å². The summed E-state index contributed by atoms with van der Waals surface area (Å²) >= 11 is 1.57. The fourth-order valence-corrected chi connectivity index (χ4v) is 3.25. The van der Waals surface area contributed by atoms with Crippen molar-refractivity contribution < 1.29 is 4.79 Å². The van der Waals surface area contributed by atoms with Gasteiger partial charge in [0.1, 0.15) is 0 Å². The molecule has 2 aromatic rings. The molecular formula is C14H13N3OS. The van der Waals surface area contributed by atoms with Gasteiger partial charge in [-0.25, -0.2) is 5.43 Å². The second kappa shape index (κ2) is 5.32. The minimum absolute atomic E-state index is 0.147. The topological polar surface area (TPSA) is 54.4 Å². The SMILES string of the molecule is O=C(N/N=C\c1ccccn1)c1cc2c(s1)CCC2. The molecule has 96 valence electrons. The minimum Gasteiger partial charge on any atom is -0.266 e. The lowest BCUT2D eigenvalue weighted by Gasteiger charge is -1.96. The standard InChI is InChI=1S/C14H13N3OS/c18-14(13-8-10-4-3-6-12(10)19-13)17-16-9-11-5-1-2-7-15-11/h1-2,5,7-9H,3-4,6H2,(H,17,18)/b16-9-. The summed E-state index contributed by atoms with van der Waals surface area (Å²) in [6.07, 6.45) is 6.63. The molecule has 1 N–H and O–H groups in total. The highest BCUT2D eigenvalue weighted by Gasteiger charge is 2.17. The Hall–Kier alpha value is -2.01. The van der Waals surface area contributed by atoms with Crippen LogP contribution in [0, 0.1) is 0 Å². The van der Waals surface area contributed by atoms with E-state index >= 15 is 0 Å². The molecule has 0 bridgehead atoms. The molecule has 0 fully saturated rings. The van der Waals surface area contributed by atoms with Gasteiger partial charge < -0.3 is 0 Å². The summed E-state index contributed by atoms with van der Waals surface area (Å²) in [6, 6.07) is 7.52. The zero-order valence-electron chi connectivity index (χ0n) is 10.3. The van der Waals surface area contributed by atoms with Crippen LogP contribution in [0.25, 0.3) is 0 Å². The molecule has 19 heavy (non-hydrogen) atoms. The largest absolute Gasteiger partial charge is 0.281 e. The first-order valence-corrected chi connectivity index (χ1v) is 7.00. The third-order valence-electron chi connectivity index (χ3n) is 3.02. The van der Waals surface area contributed by atoms with Gasteiger partial charge in [0.15, 0.2) is 0 Å². The lowest BCUT2D eigenvalue weighted by atomic mass is 10.2.